The Morgan fingerprint density at radius 3 is 2.60 bits per heavy atom. The zero-order valence-corrected chi connectivity index (χ0v) is 10.3. The quantitative estimate of drug-likeness (QED) is 0.890. The maximum atomic E-state index is 10.5. The zero-order valence-electron chi connectivity index (χ0n) is 8.67. The van der Waals surface area contributed by atoms with Gasteiger partial charge in [0.1, 0.15) is 5.75 Å². The van der Waals surface area contributed by atoms with Crippen molar-refractivity contribution in [3.05, 3.63) is 27.2 Å². The van der Waals surface area contributed by atoms with Gasteiger partial charge in [0, 0.05) is 10.9 Å². The molecule has 0 amide bonds. The molecule has 0 radical (unpaired) electrons. The fourth-order valence-corrected chi connectivity index (χ4v) is 2.34. The molecular formula is C11H13BrO3. The highest BCUT2D eigenvalue weighted by Gasteiger charge is 2.11. The number of phenolic OH excluding ortho intramolecular Hbond substituents is 1. The van der Waals surface area contributed by atoms with Crippen molar-refractivity contribution in [2.45, 2.75) is 26.7 Å². The van der Waals surface area contributed by atoms with Crippen molar-refractivity contribution in [1.29, 1.82) is 0 Å². The lowest BCUT2D eigenvalue weighted by Crippen LogP contribution is -2.00. The van der Waals surface area contributed by atoms with E-state index in [9.17, 15) is 9.90 Å². The van der Waals surface area contributed by atoms with E-state index in [-0.39, 0.29) is 12.2 Å². The largest absolute Gasteiger partial charge is 0.507 e. The van der Waals surface area contributed by atoms with Crippen LogP contribution in [0.1, 0.15) is 23.1 Å². The Hall–Kier alpha value is -1.03. The lowest BCUT2D eigenvalue weighted by atomic mass is 10.0. The van der Waals surface area contributed by atoms with E-state index >= 15 is 0 Å². The summed E-state index contributed by atoms with van der Waals surface area (Å²) in [6, 6.07) is 1.81. The molecule has 2 N–H and O–H groups in total. The highest BCUT2D eigenvalue weighted by atomic mass is 79.9. The summed E-state index contributed by atoms with van der Waals surface area (Å²) in [7, 11) is 0. The van der Waals surface area contributed by atoms with E-state index < -0.39 is 5.97 Å². The van der Waals surface area contributed by atoms with Crippen molar-refractivity contribution < 1.29 is 15.0 Å². The third kappa shape index (κ3) is 2.72. The Labute approximate surface area is 96.9 Å². The standard InChI is InChI=1S/C11H13BrO3/c1-6-5-9(12)8(3-4-10(13)14)7(2)11(6)15/h5,15H,3-4H2,1-2H3,(H,13,14). The summed E-state index contributed by atoms with van der Waals surface area (Å²) in [5.74, 6) is -0.583. The molecule has 0 aromatic heterocycles. The lowest BCUT2D eigenvalue weighted by Gasteiger charge is -2.11. The Morgan fingerprint density at radius 2 is 2.07 bits per heavy atom. The van der Waals surface area contributed by atoms with Crippen LogP contribution in [0.15, 0.2) is 10.5 Å². The van der Waals surface area contributed by atoms with E-state index in [2.05, 4.69) is 15.9 Å². The maximum absolute atomic E-state index is 10.5. The first-order valence-electron chi connectivity index (χ1n) is 4.62. The van der Waals surface area contributed by atoms with Gasteiger partial charge in [-0.15, -0.1) is 0 Å². The second-order valence-electron chi connectivity index (χ2n) is 3.52. The molecule has 0 aliphatic rings. The van der Waals surface area contributed by atoms with Crippen LogP contribution in [0.4, 0.5) is 0 Å². The minimum atomic E-state index is -0.832. The smallest absolute Gasteiger partial charge is 0.303 e. The Kier molecular flexibility index (Phi) is 3.74. The summed E-state index contributed by atoms with van der Waals surface area (Å²) in [6.45, 7) is 3.61. The number of rotatable bonds is 3. The normalized spacial score (nSPS) is 10.3. The van der Waals surface area contributed by atoms with Gasteiger partial charge in [0.2, 0.25) is 0 Å². The monoisotopic (exact) mass is 272 g/mol. The van der Waals surface area contributed by atoms with E-state index in [1.165, 1.54) is 0 Å². The summed E-state index contributed by atoms with van der Waals surface area (Å²) in [5.41, 5.74) is 2.40. The van der Waals surface area contributed by atoms with E-state index in [4.69, 9.17) is 5.11 Å². The predicted octanol–water partition coefficient (Wildman–Crippen LogP) is 2.79. The molecule has 3 nitrogen and oxygen atoms in total. The molecule has 0 atom stereocenters. The van der Waals surface area contributed by atoms with Gasteiger partial charge in [-0.1, -0.05) is 15.9 Å². The first kappa shape index (κ1) is 12.0. The number of carbonyl (C=O) groups is 1. The average molecular weight is 273 g/mol. The number of hydrogen-bond acceptors (Lipinski definition) is 2. The van der Waals surface area contributed by atoms with Crippen LogP contribution < -0.4 is 0 Å². The molecule has 1 aromatic rings. The van der Waals surface area contributed by atoms with E-state index in [1.807, 2.05) is 6.92 Å². The molecule has 1 rings (SSSR count). The van der Waals surface area contributed by atoms with Crippen LogP contribution in [0.25, 0.3) is 0 Å². The maximum Gasteiger partial charge on any atom is 0.303 e. The number of aliphatic carboxylic acids is 1. The van der Waals surface area contributed by atoms with E-state index in [1.54, 1.807) is 13.0 Å². The zero-order chi connectivity index (χ0) is 11.6. The van der Waals surface area contributed by atoms with Crippen molar-refractivity contribution in [3.8, 4) is 5.75 Å². The molecule has 0 saturated heterocycles. The van der Waals surface area contributed by atoms with Crippen molar-refractivity contribution in [2.24, 2.45) is 0 Å². The predicted molar refractivity (Wildman–Crippen MR) is 61.2 cm³/mol. The molecule has 1 aromatic carbocycles. The fourth-order valence-electron chi connectivity index (χ4n) is 1.50. The van der Waals surface area contributed by atoms with Crippen LogP contribution in [0.2, 0.25) is 0 Å². The second-order valence-corrected chi connectivity index (χ2v) is 4.38. The van der Waals surface area contributed by atoms with E-state index in [0.29, 0.717) is 6.42 Å². The van der Waals surface area contributed by atoms with Crippen LogP contribution >= 0.6 is 15.9 Å². The molecule has 0 unspecified atom stereocenters. The third-order valence-corrected chi connectivity index (χ3v) is 3.11. The number of phenols is 1. The van der Waals surface area contributed by atoms with Crippen LogP contribution in [0, 0.1) is 13.8 Å². The Bertz CT molecular complexity index is 399. The topological polar surface area (TPSA) is 57.5 Å². The molecule has 0 spiro atoms. The molecule has 82 valence electrons. The van der Waals surface area contributed by atoms with Crippen LogP contribution in [-0.2, 0) is 11.2 Å². The molecule has 0 heterocycles. The van der Waals surface area contributed by atoms with Gasteiger partial charge in [-0.25, -0.2) is 0 Å². The number of aryl methyl sites for hydroxylation is 1. The number of carboxylic acid groups (broad SMARTS) is 1. The highest BCUT2D eigenvalue weighted by molar-refractivity contribution is 9.10. The van der Waals surface area contributed by atoms with Crippen molar-refractivity contribution in [1.82, 2.24) is 0 Å². The lowest BCUT2D eigenvalue weighted by molar-refractivity contribution is -0.136. The van der Waals surface area contributed by atoms with Gasteiger partial charge >= 0.3 is 5.97 Å². The van der Waals surface area contributed by atoms with Gasteiger partial charge < -0.3 is 10.2 Å². The molecular weight excluding hydrogens is 260 g/mol. The summed E-state index contributed by atoms with van der Waals surface area (Å²) in [5, 5.41) is 18.3. The van der Waals surface area contributed by atoms with Gasteiger partial charge in [0.25, 0.3) is 0 Å². The summed E-state index contributed by atoms with van der Waals surface area (Å²) < 4.78 is 0.858. The first-order valence-corrected chi connectivity index (χ1v) is 5.42. The molecule has 4 heteroatoms. The number of carboxylic acids is 1. The van der Waals surface area contributed by atoms with Gasteiger partial charge in [-0.05, 0) is 43.0 Å². The Balaban J connectivity index is 3.07. The number of hydrogen-bond donors (Lipinski definition) is 2. The average Bonchev–Trinajstić information content (AvgIpc) is 2.14. The SMILES string of the molecule is Cc1cc(Br)c(CCC(=O)O)c(C)c1O. The first-order chi connectivity index (χ1) is 6.93. The summed E-state index contributed by atoms with van der Waals surface area (Å²) in [6.07, 6.45) is 0.498. The van der Waals surface area contributed by atoms with Crippen molar-refractivity contribution >= 4 is 21.9 Å². The van der Waals surface area contributed by atoms with Crippen LogP contribution in [0.5, 0.6) is 5.75 Å². The molecule has 0 saturated carbocycles. The van der Waals surface area contributed by atoms with Crippen molar-refractivity contribution in [3.63, 3.8) is 0 Å². The third-order valence-electron chi connectivity index (χ3n) is 2.40. The number of halogens is 1. The second kappa shape index (κ2) is 4.66. The summed E-state index contributed by atoms with van der Waals surface area (Å²) in [4.78, 5) is 10.5. The van der Waals surface area contributed by atoms with Gasteiger partial charge in [0.15, 0.2) is 0 Å². The molecule has 15 heavy (non-hydrogen) atoms. The van der Waals surface area contributed by atoms with Crippen molar-refractivity contribution in [2.75, 3.05) is 0 Å². The van der Waals surface area contributed by atoms with Crippen LogP contribution in [0.3, 0.4) is 0 Å². The van der Waals surface area contributed by atoms with Gasteiger partial charge in [-0.2, -0.15) is 0 Å². The Morgan fingerprint density at radius 1 is 1.47 bits per heavy atom. The van der Waals surface area contributed by atoms with Gasteiger partial charge in [0.05, 0.1) is 0 Å². The minimum absolute atomic E-state index is 0.0714. The fraction of sp³-hybridized carbons (Fsp3) is 0.364. The van der Waals surface area contributed by atoms with Gasteiger partial charge in [-0.3, -0.25) is 4.79 Å². The van der Waals surface area contributed by atoms with Crippen LogP contribution in [-0.4, -0.2) is 16.2 Å². The molecule has 0 fully saturated rings. The number of benzene rings is 1. The highest BCUT2D eigenvalue weighted by Crippen LogP contribution is 2.31. The molecule has 0 aliphatic heterocycles. The number of aromatic hydroxyl groups is 1. The molecule has 0 bridgehead atoms. The molecule has 0 aliphatic carbocycles. The minimum Gasteiger partial charge on any atom is -0.507 e. The summed E-state index contributed by atoms with van der Waals surface area (Å²) >= 11 is 3.38. The van der Waals surface area contributed by atoms with E-state index in [0.717, 1.165) is 21.2 Å².